The Hall–Kier alpha value is -4.34. The van der Waals surface area contributed by atoms with E-state index >= 15 is 0 Å². The molecule has 9 heteroatoms. The van der Waals surface area contributed by atoms with Gasteiger partial charge in [-0.1, -0.05) is 24.8 Å². The first kappa shape index (κ1) is 30.9. The Balaban J connectivity index is 1.88. The fourth-order valence-corrected chi connectivity index (χ4v) is 3.35. The maximum atomic E-state index is 12.5. The molecule has 0 saturated heterocycles. The summed E-state index contributed by atoms with van der Waals surface area (Å²) in [5.74, 6) is 6.63. The number of likely N-dealkylation sites (N-methyl/N-ethyl adjacent to an activating group) is 2. The molecular formula is C30H39N7O2. The van der Waals surface area contributed by atoms with Gasteiger partial charge in [0.2, 0.25) is 11.8 Å². The van der Waals surface area contributed by atoms with Crippen LogP contribution in [0.4, 0.5) is 17.2 Å². The van der Waals surface area contributed by atoms with E-state index in [-0.39, 0.29) is 11.8 Å². The van der Waals surface area contributed by atoms with Crippen molar-refractivity contribution < 1.29 is 9.59 Å². The highest BCUT2D eigenvalue weighted by atomic mass is 16.2. The molecule has 2 amide bonds. The third-order valence-corrected chi connectivity index (χ3v) is 5.80. The lowest BCUT2D eigenvalue weighted by molar-refractivity contribution is -0.135. The van der Waals surface area contributed by atoms with Gasteiger partial charge >= 0.3 is 0 Å². The van der Waals surface area contributed by atoms with E-state index in [2.05, 4.69) is 45.8 Å². The van der Waals surface area contributed by atoms with Crippen molar-refractivity contribution in [2.45, 2.75) is 39.2 Å². The zero-order valence-corrected chi connectivity index (χ0v) is 23.5. The van der Waals surface area contributed by atoms with E-state index in [9.17, 15) is 9.59 Å². The molecule has 0 saturated carbocycles. The Morgan fingerprint density at radius 2 is 1.90 bits per heavy atom. The van der Waals surface area contributed by atoms with Gasteiger partial charge < -0.3 is 25.8 Å². The highest BCUT2D eigenvalue weighted by molar-refractivity contribution is 5.92. The van der Waals surface area contributed by atoms with Crippen molar-refractivity contribution in [2.75, 3.05) is 51.4 Å². The number of benzene rings is 1. The molecule has 0 spiro atoms. The molecule has 9 nitrogen and oxygen atoms in total. The average Bonchev–Trinajstić information content (AvgIpc) is 2.93. The van der Waals surface area contributed by atoms with E-state index in [0.717, 1.165) is 29.9 Å². The summed E-state index contributed by atoms with van der Waals surface area (Å²) in [6.07, 6.45) is 7.28. The number of unbranched alkanes of at least 4 members (excludes halogenated alkanes) is 1. The number of nitrogens with one attached hydrogen (secondary N) is 3. The highest BCUT2D eigenvalue weighted by Gasteiger charge is 2.20. The van der Waals surface area contributed by atoms with E-state index in [1.165, 1.54) is 11.0 Å². The van der Waals surface area contributed by atoms with Gasteiger partial charge in [-0.15, -0.1) is 0 Å². The van der Waals surface area contributed by atoms with Crippen molar-refractivity contribution in [3.8, 4) is 17.9 Å². The second-order valence-electron chi connectivity index (χ2n) is 9.34. The Morgan fingerprint density at radius 1 is 1.15 bits per heavy atom. The summed E-state index contributed by atoms with van der Waals surface area (Å²) in [7, 11) is 5.47. The van der Waals surface area contributed by atoms with Crippen LogP contribution in [0.15, 0.2) is 48.7 Å². The largest absolute Gasteiger partial charge is 0.384 e. The van der Waals surface area contributed by atoms with Gasteiger partial charge in [-0.05, 0) is 58.1 Å². The van der Waals surface area contributed by atoms with Crippen LogP contribution in [0.3, 0.4) is 0 Å². The van der Waals surface area contributed by atoms with E-state index < -0.39 is 6.04 Å². The molecule has 1 aromatic carbocycles. The van der Waals surface area contributed by atoms with Gasteiger partial charge in [0.05, 0.1) is 22.9 Å². The first-order chi connectivity index (χ1) is 18.7. The minimum atomic E-state index is -0.567. The number of carbonyl (C=O) groups is 2. The molecule has 1 heterocycles. The van der Waals surface area contributed by atoms with Crippen LogP contribution in [0, 0.1) is 23.2 Å². The van der Waals surface area contributed by atoms with Gasteiger partial charge in [0.15, 0.2) is 0 Å². The van der Waals surface area contributed by atoms with E-state index in [4.69, 9.17) is 5.26 Å². The summed E-state index contributed by atoms with van der Waals surface area (Å²) in [4.78, 5) is 32.6. The van der Waals surface area contributed by atoms with Crippen LogP contribution in [0.5, 0.6) is 0 Å². The van der Waals surface area contributed by atoms with Gasteiger partial charge in [0, 0.05) is 57.1 Å². The summed E-state index contributed by atoms with van der Waals surface area (Å²) < 4.78 is 0. The number of aromatic nitrogens is 1. The molecule has 3 N–H and O–H groups in total. The summed E-state index contributed by atoms with van der Waals surface area (Å²) >= 11 is 0. The van der Waals surface area contributed by atoms with Crippen molar-refractivity contribution in [3.63, 3.8) is 0 Å². The first-order valence-corrected chi connectivity index (χ1v) is 13.1. The molecule has 1 aromatic heterocycles. The zero-order chi connectivity index (χ0) is 28.6. The standard InChI is InChI=1S/C30H39N7O2/c1-6-17-32-27-20-28(35-26-15-13-24(21-31)14-16-26)34-22-25(27)11-8-7-9-18-33-30(39)23(2)37(5)29(38)12-10-19-36(3)4/h10,12-16,20,22-23H,6-7,9,17-19H2,1-5H3,(H,33,39)(H2,32,34,35). The fraction of sp³-hybridized carbons (Fsp3) is 0.400. The third kappa shape index (κ3) is 10.9. The predicted molar refractivity (Wildman–Crippen MR) is 157 cm³/mol. The molecule has 1 unspecified atom stereocenters. The van der Waals surface area contributed by atoms with Crippen LogP contribution in [0.2, 0.25) is 0 Å². The third-order valence-electron chi connectivity index (χ3n) is 5.80. The van der Waals surface area contributed by atoms with Crippen molar-refractivity contribution in [2.24, 2.45) is 0 Å². The molecule has 2 rings (SSSR count). The van der Waals surface area contributed by atoms with Crippen molar-refractivity contribution in [3.05, 3.63) is 59.8 Å². The lowest BCUT2D eigenvalue weighted by Gasteiger charge is -2.23. The highest BCUT2D eigenvalue weighted by Crippen LogP contribution is 2.21. The second kappa shape index (κ2) is 16.5. The van der Waals surface area contributed by atoms with Gasteiger partial charge in [0.1, 0.15) is 11.9 Å². The number of hydrogen-bond acceptors (Lipinski definition) is 7. The quantitative estimate of drug-likeness (QED) is 0.206. The Bertz CT molecular complexity index is 1220. The molecule has 0 bridgehead atoms. The Kier molecular flexibility index (Phi) is 13.1. The Morgan fingerprint density at radius 3 is 2.56 bits per heavy atom. The smallest absolute Gasteiger partial charge is 0.246 e. The molecule has 0 aliphatic rings. The number of rotatable bonds is 13. The van der Waals surface area contributed by atoms with E-state index in [0.29, 0.717) is 37.3 Å². The maximum Gasteiger partial charge on any atom is 0.246 e. The lowest BCUT2D eigenvalue weighted by atomic mass is 10.2. The monoisotopic (exact) mass is 529 g/mol. The average molecular weight is 530 g/mol. The maximum absolute atomic E-state index is 12.5. The van der Waals surface area contributed by atoms with Gasteiger partial charge in [-0.2, -0.15) is 5.26 Å². The van der Waals surface area contributed by atoms with Crippen molar-refractivity contribution in [1.82, 2.24) is 20.1 Å². The number of carbonyl (C=O) groups excluding carboxylic acids is 2. The lowest BCUT2D eigenvalue weighted by Crippen LogP contribution is -2.45. The molecule has 1 atom stereocenters. The summed E-state index contributed by atoms with van der Waals surface area (Å²) in [6, 6.07) is 10.7. The summed E-state index contributed by atoms with van der Waals surface area (Å²) in [6.45, 7) is 5.75. The van der Waals surface area contributed by atoms with Crippen LogP contribution < -0.4 is 16.0 Å². The normalized spacial score (nSPS) is 11.3. The van der Waals surface area contributed by atoms with Gasteiger partial charge in [-0.3, -0.25) is 9.59 Å². The van der Waals surface area contributed by atoms with Gasteiger partial charge in [0.25, 0.3) is 0 Å². The topological polar surface area (TPSA) is 113 Å². The van der Waals surface area contributed by atoms with Crippen LogP contribution in [-0.2, 0) is 9.59 Å². The summed E-state index contributed by atoms with van der Waals surface area (Å²) in [5.41, 5.74) is 3.14. The first-order valence-electron chi connectivity index (χ1n) is 13.1. The van der Waals surface area contributed by atoms with Crippen molar-refractivity contribution >= 4 is 29.0 Å². The van der Waals surface area contributed by atoms with Crippen LogP contribution >= 0.6 is 0 Å². The molecule has 39 heavy (non-hydrogen) atoms. The van der Waals surface area contributed by atoms with Gasteiger partial charge in [-0.25, -0.2) is 4.98 Å². The molecular weight excluding hydrogens is 490 g/mol. The number of pyridine rings is 1. The minimum Gasteiger partial charge on any atom is -0.384 e. The van der Waals surface area contributed by atoms with Crippen LogP contribution in [0.25, 0.3) is 0 Å². The SMILES string of the molecule is CCCNc1cc(Nc2ccc(C#N)cc2)ncc1C#CCCCNC(=O)C(C)N(C)C(=O)C=CCN(C)C. The number of anilines is 3. The molecule has 0 radical (unpaired) electrons. The molecule has 206 valence electrons. The second-order valence-corrected chi connectivity index (χ2v) is 9.34. The molecule has 0 aliphatic heterocycles. The number of hydrogen-bond donors (Lipinski definition) is 3. The summed E-state index contributed by atoms with van der Waals surface area (Å²) in [5, 5.41) is 18.5. The number of amides is 2. The van der Waals surface area contributed by atoms with Crippen LogP contribution in [-0.4, -0.2) is 73.4 Å². The van der Waals surface area contributed by atoms with Crippen LogP contribution in [0.1, 0.15) is 44.2 Å². The van der Waals surface area contributed by atoms with E-state index in [1.54, 1.807) is 38.4 Å². The fourth-order valence-electron chi connectivity index (χ4n) is 3.35. The van der Waals surface area contributed by atoms with Crippen molar-refractivity contribution in [1.29, 1.82) is 5.26 Å². The molecule has 2 aromatic rings. The Labute approximate surface area is 232 Å². The molecule has 0 aliphatic carbocycles. The number of nitriles is 1. The predicted octanol–water partition coefficient (Wildman–Crippen LogP) is 3.73. The van der Waals surface area contributed by atoms with E-state index in [1.807, 2.05) is 37.2 Å². The number of nitrogens with zero attached hydrogens (tertiary/aromatic N) is 4. The zero-order valence-electron chi connectivity index (χ0n) is 23.5. The minimum absolute atomic E-state index is 0.194. The molecule has 0 fully saturated rings.